The van der Waals surface area contributed by atoms with Crippen molar-refractivity contribution in [3.63, 3.8) is 0 Å². The Labute approximate surface area is 172 Å². The summed E-state index contributed by atoms with van der Waals surface area (Å²) >= 11 is 0. The molecule has 0 unspecified atom stereocenters. The van der Waals surface area contributed by atoms with E-state index in [9.17, 15) is 0 Å². The second-order valence-electron chi connectivity index (χ2n) is 8.00. The molecule has 29 heavy (non-hydrogen) atoms. The van der Waals surface area contributed by atoms with Gasteiger partial charge in [0.25, 0.3) is 0 Å². The Morgan fingerprint density at radius 3 is 2.69 bits per heavy atom. The number of pyridine rings is 1. The highest BCUT2D eigenvalue weighted by Gasteiger charge is 2.40. The number of hydrogen-bond acceptors (Lipinski definition) is 5. The topological polar surface area (TPSA) is 57.1 Å². The zero-order chi connectivity index (χ0) is 20.4. The summed E-state index contributed by atoms with van der Waals surface area (Å²) < 4.78 is 12.0. The van der Waals surface area contributed by atoms with Crippen LogP contribution in [0.15, 0.2) is 48.8 Å². The molecule has 3 aromatic rings. The van der Waals surface area contributed by atoms with E-state index in [4.69, 9.17) is 9.47 Å². The lowest BCUT2D eigenvalue weighted by molar-refractivity contribution is 0.242. The van der Waals surface area contributed by atoms with E-state index < -0.39 is 0 Å². The van der Waals surface area contributed by atoms with Gasteiger partial charge in [-0.15, -0.1) is 0 Å². The summed E-state index contributed by atoms with van der Waals surface area (Å²) in [6.45, 7) is 8.61. The molecule has 1 aliphatic rings. The molecule has 0 aliphatic heterocycles. The predicted molar refractivity (Wildman–Crippen MR) is 113 cm³/mol. The average molecular weight is 389 g/mol. The SMILES string of the molecule is Cc1ccc([C@H]2C[C@@H]2COc2nc(C)ncc2-c2cccc(OC(C)C)c2)nc1. The minimum atomic E-state index is 0.123. The van der Waals surface area contributed by atoms with Gasteiger partial charge < -0.3 is 9.47 Å². The first-order valence-corrected chi connectivity index (χ1v) is 10.2. The van der Waals surface area contributed by atoms with Gasteiger partial charge in [0.05, 0.1) is 18.3 Å². The maximum atomic E-state index is 6.17. The van der Waals surface area contributed by atoms with Crippen LogP contribution < -0.4 is 9.47 Å². The van der Waals surface area contributed by atoms with E-state index in [1.165, 1.54) is 5.56 Å². The van der Waals surface area contributed by atoms with Gasteiger partial charge in [0.15, 0.2) is 0 Å². The minimum Gasteiger partial charge on any atom is -0.491 e. The molecule has 1 saturated carbocycles. The Morgan fingerprint density at radius 2 is 1.93 bits per heavy atom. The summed E-state index contributed by atoms with van der Waals surface area (Å²) in [7, 11) is 0. The molecule has 0 radical (unpaired) electrons. The van der Waals surface area contributed by atoms with Crippen LogP contribution in [0.2, 0.25) is 0 Å². The molecule has 1 fully saturated rings. The van der Waals surface area contributed by atoms with Crippen LogP contribution in [0.25, 0.3) is 11.1 Å². The molecule has 0 amide bonds. The Balaban J connectivity index is 1.49. The van der Waals surface area contributed by atoms with Gasteiger partial charge in [0.1, 0.15) is 11.6 Å². The van der Waals surface area contributed by atoms with E-state index in [1.54, 1.807) is 0 Å². The number of benzene rings is 1. The molecule has 1 aromatic carbocycles. The Kier molecular flexibility index (Phi) is 5.47. The quantitative estimate of drug-likeness (QED) is 0.561. The van der Waals surface area contributed by atoms with Crippen LogP contribution in [0, 0.1) is 19.8 Å². The van der Waals surface area contributed by atoms with Gasteiger partial charge in [-0.2, -0.15) is 4.98 Å². The highest BCUT2D eigenvalue weighted by atomic mass is 16.5. The molecule has 150 valence electrons. The van der Waals surface area contributed by atoms with Crippen LogP contribution >= 0.6 is 0 Å². The van der Waals surface area contributed by atoms with E-state index in [0.717, 1.165) is 29.0 Å². The summed E-state index contributed by atoms with van der Waals surface area (Å²) in [6.07, 6.45) is 4.99. The standard InChI is InChI=1S/C24H27N3O2/c1-15(2)29-20-7-5-6-18(10-20)22-13-25-17(4)27-24(22)28-14-19-11-21(19)23-9-8-16(3)12-26-23/h5-10,12-13,15,19,21H,11,14H2,1-4H3/t19-,21+/m1/s1. The predicted octanol–water partition coefficient (Wildman–Crippen LogP) is 5.13. The fourth-order valence-electron chi connectivity index (χ4n) is 3.44. The van der Waals surface area contributed by atoms with Crippen molar-refractivity contribution < 1.29 is 9.47 Å². The molecular weight excluding hydrogens is 362 g/mol. The van der Waals surface area contributed by atoms with Crippen LogP contribution in [-0.4, -0.2) is 27.7 Å². The number of nitrogens with zero attached hydrogens (tertiary/aromatic N) is 3. The van der Waals surface area contributed by atoms with E-state index in [-0.39, 0.29) is 6.10 Å². The molecule has 5 nitrogen and oxygen atoms in total. The number of ether oxygens (including phenoxy) is 2. The largest absolute Gasteiger partial charge is 0.491 e. The van der Waals surface area contributed by atoms with Crippen LogP contribution in [0.1, 0.15) is 43.3 Å². The van der Waals surface area contributed by atoms with Crippen molar-refractivity contribution in [3.05, 3.63) is 65.9 Å². The van der Waals surface area contributed by atoms with Gasteiger partial charge in [-0.1, -0.05) is 18.2 Å². The van der Waals surface area contributed by atoms with Crippen molar-refractivity contribution in [3.8, 4) is 22.8 Å². The molecule has 4 rings (SSSR count). The summed E-state index contributed by atoms with van der Waals surface area (Å²) in [5.41, 5.74) is 4.22. The maximum Gasteiger partial charge on any atom is 0.224 e. The zero-order valence-corrected chi connectivity index (χ0v) is 17.4. The molecule has 0 spiro atoms. The first-order chi connectivity index (χ1) is 14.0. The lowest BCUT2D eigenvalue weighted by Gasteiger charge is -2.13. The van der Waals surface area contributed by atoms with Crippen LogP contribution in [0.5, 0.6) is 11.6 Å². The zero-order valence-electron chi connectivity index (χ0n) is 17.4. The summed E-state index contributed by atoms with van der Waals surface area (Å²) in [6, 6.07) is 12.2. The Bertz CT molecular complexity index is 986. The summed E-state index contributed by atoms with van der Waals surface area (Å²) in [5, 5.41) is 0. The number of aryl methyl sites for hydroxylation is 2. The van der Waals surface area contributed by atoms with Crippen molar-refractivity contribution in [1.82, 2.24) is 15.0 Å². The van der Waals surface area contributed by atoms with Crippen LogP contribution in [0.4, 0.5) is 0 Å². The number of rotatable bonds is 7. The molecule has 2 heterocycles. The molecule has 2 aromatic heterocycles. The van der Waals surface area contributed by atoms with E-state index in [2.05, 4.69) is 34.0 Å². The Morgan fingerprint density at radius 1 is 1.07 bits per heavy atom. The number of hydrogen-bond donors (Lipinski definition) is 0. The summed E-state index contributed by atoms with van der Waals surface area (Å²) in [4.78, 5) is 13.5. The molecular formula is C24H27N3O2. The number of aromatic nitrogens is 3. The maximum absolute atomic E-state index is 6.17. The third-order valence-corrected chi connectivity index (χ3v) is 5.06. The molecule has 1 aliphatic carbocycles. The fourth-order valence-corrected chi connectivity index (χ4v) is 3.44. The summed E-state index contributed by atoms with van der Waals surface area (Å²) in [5.74, 6) is 3.11. The third-order valence-electron chi connectivity index (χ3n) is 5.06. The molecule has 2 atom stereocenters. The average Bonchev–Trinajstić information content (AvgIpc) is 3.46. The van der Waals surface area contributed by atoms with E-state index in [1.807, 2.05) is 57.4 Å². The van der Waals surface area contributed by atoms with Crippen LogP contribution in [-0.2, 0) is 0 Å². The molecule has 0 bridgehead atoms. The fraction of sp³-hybridized carbons (Fsp3) is 0.375. The second-order valence-corrected chi connectivity index (χ2v) is 8.00. The van der Waals surface area contributed by atoms with Crippen molar-refractivity contribution in [2.45, 2.75) is 46.1 Å². The monoisotopic (exact) mass is 389 g/mol. The van der Waals surface area contributed by atoms with Crippen LogP contribution in [0.3, 0.4) is 0 Å². The molecule has 0 N–H and O–H groups in total. The minimum absolute atomic E-state index is 0.123. The van der Waals surface area contributed by atoms with Crippen molar-refractivity contribution in [1.29, 1.82) is 0 Å². The second kappa shape index (κ2) is 8.19. The molecule has 5 heteroatoms. The van der Waals surface area contributed by atoms with Gasteiger partial charge in [0.2, 0.25) is 5.88 Å². The normalized spacial score (nSPS) is 18.0. The first-order valence-electron chi connectivity index (χ1n) is 10.2. The highest BCUT2D eigenvalue weighted by molar-refractivity contribution is 5.69. The van der Waals surface area contributed by atoms with Gasteiger partial charge in [-0.05, 0) is 63.4 Å². The van der Waals surface area contributed by atoms with E-state index >= 15 is 0 Å². The van der Waals surface area contributed by atoms with Gasteiger partial charge in [-0.3, -0.25) is 4.98 Å². The smallest absolute Gasteiger partial charge is 0.224 e. The third kappa shape index (κ3) is 4.73. The van der Waals surface area contributed by atoms with Crippen molar-refractivity contribution >= 4 is 0 Å². The highest BCUT2D eigenvalue weighted by Crippen LogP contribution is 2.47. The lowest BCUT2D eigenvalue weighted by Crippen LogP contribution is -2.06. The van der Waals surface area contributed by atoms with E-state index in [0.29, 0.717) is 30.1 Å². The first kappa shape index (κ1) is 19.4. The van der Waals surface area contributed by atoms with Gasteiger partial charge in [0, 0.05) is 29.9 Å². The van der Waals surface area contributed by atoms with Gasteiger partial charge >= 0.3 is 0 Å². The molecule has 0 saturated heterocycles. The van der Waals surface area contributed by atoms with Gasteiger partial charge in [-0.25, -0.2) is 4.98 Å². The van der Waals surface area contributed by atoms with Crippen molar-refractivity contribution in [2.75, 3.05) is 6.61 Å². The Hall–Kier alpha value is -2.95. The van der Waals surface area contributed by atoms with Crippen molar-refractivity contribution in [2.24, 2.45) is 5.92 Å². The lowest BCUT2D eigenvalue weighted by atomic mass is 10.1.